The maximum absolute atomic E-state index is 12.6. The first-order valence-electron chi connectivity index (χ1n) is 12.0. The zero-order valence-electron chi connectivity index (χ0n) is 19.2. The first-order valence-corrected chi connectivity index (χ1v) is 12.0. The highest BCUT2D eigenvalue weighted by Gasteiger charge is 2.25. The van der Waals surface area contributed by atoms with Gasteiger partial charge in [0.1, 0.15) is 17.1 Å². The van der Waals surface area contributed by atoms with Gasteiger partial charge in [-0.25, -0.2) is 14.8 Å². The van der Waals surface area contributed by atoms with Crippen molar-refractivity contribution in [3.63, 3.8) is 0 Å². The fourth-order valence-electron chi connectivity index (χ4n) is 4.84. The number of pyridine rings is 1. The number of carbonyl (C=O) groups excluding carboxylic acids is 1. The SMILES string of the molecule is CCOc1ccc(-n2c(CN3CCN(C(=O)NC4CCCC4)CC3)nc3cccnc32)cc1. The van der Waals surface area contributed by atoms with Gasteiger partial charge in [-0.3, -0.25) is 9.47 Å². The summed E-state index contributed by atoms with van der Waals surface area (Å²) in [5, 5.41) is 3.21. The molecule has 2 aliphatic rings. The molecule has 0 radical (unpaired) electrons. The van der Waals surface area contributed by atoms with Gasteiger partial charge >= 0.3 is 6.03 Å². The van der Waals surface area contributed by atoms with E-state index >= 15 is 0 Å². The normalized spacial score (nSPS) is 17.5. The van der Waals surface area contributed by atoms with Crippen LogP contribution in [0.3, 0.4) is 0 Å². The number of rotatable bonds is 6. The number of urea groups is 1. The summed E-state index contributed by atoms with van der Waals surface area (Å²) < 4.78 is 7.73. The van der Waals surface area contributed by atoms with E-state index in [0.717, 1.165) is 67.4 Å². The van der Waals surface area contributed by atoms with E-state index in [1.165, 1.54) is 12.8 Å². The molecule has 5 rings (SSSR count). The highest BCUT2D eigenvalue weighted by molar-refractivity contribution is 5.75. The molecule has 0 spiro atoms. The summed E-state index contributed by atoms with van der Waals surface area (Å²) >= 11 is 0. The molecule has 8 nitrogen and oxygen atoms in total. The Kier molecular flexibility index (Phi) is 6.44. The van der Waals surface area contributed by atoms with Crippen LogP contribution in [0.5, 0.6) is 5.75 Å². The molecular weight excluding hydrogens is 416 g/mol. The van der Waals surface area contributed by atoms with Gasteiger partial charge < -0.3 is 15.0 Å². The molecule has 8 heteroatoms. The summed E-state index contributed by atoms with van der Waals surface area (Å²) in [5.41, 5.74) is 2.76. The molecule has 1 saturated heterocycles. The topological polar surface area (TPSA) is 75.5 Å². The van der Waals surface area contributed by atoms with E-state index in [0.29, 0.717) is 19.2 Å². The predicted molar refractivity (Wildman–Crippen MR) is 128 cm³/mol. The number of fused-ring (bicyclic) bond motifs is 1. The highest BCUT2D eigenvalue weighted by atomic mass is 16.5. The van der Waals surface area contributed by atoms with Crippen LogP contribution in [0.15, 0.2) is 42.6 Å². The minimum Gasteiger partial charge on any atom is -0.494 e. The Morgan fingerprint density at radius 1 is 1.09 bits per heavy atom. The molecule has 1 N–H and O–H groups in total. The number of amides is 2. The van der Waals surface area contributed by atoms with Gasteiger partial charge in [0.05, 0.1) is 13.2 Å². The lowest BCUT2D eigenvalue weighted by Gasteiger charge is -2.35. The summed E-state index contributed by atoms with van der Waals surface area (Å²) in [7, 11) is 0. The summed E-state index contributed by atoms with van der Waals surface area (Å²) in [5.74, 6) is 1.81. The number of piperazine rings is 1. The predicted octanol–water partition coefficient (Wildman–Crippen LogP) is 3.59. The Balaban J connectivity index is 1.29. The number of benzene rings is 1. The van der Waals surface area contributed by atoms with Crippen molar-refractivity contribution in [3.05, 3.63) is 48.4 Å². The monoisotopic (exact) mass is 448 g/mol. The van der Waals surface area contributed by atoms with Crippen LogP contribution in [-0.2, 0) is 6.54 Å². The van der Waals surface area contributed by atoms with Gasteiger partial charge in [0.15, 0.2) is 5.65 Å². The fraction of sp³-hybridized carbons (Fsp3) is 0.480. The number of hydrogen-bond donors (Lipinski definition) is 1. The second kappa shape index (κ2) is 9.79. The van der Waals surface area contributed by atoms with E-state index in [9.17, 15) is 4.79 Å². The van der Waals surface area contributed by atoms with Gasteiger partial charge in [-0.05, 0) is 56.2 Å². The van der Waals surface area contributed by atoms with Crippen LogP contribution < -0.4 is 10.1 Å². The molecule has 2 aromatic heterocycles. The minimum absolute atomic E-state index is 0.0902. The van der Waals surface area contributed by atoms with Gasteiger partial charge in [0.25, 0.3) is 0 Å². The molecule has 1 aliphatic heterocycles. The van der Waals surface area contributed by atoms with Gasteiger partial charge in [-0.2, -0.15) is 0 Å². The minimum atomic E-state index is 0.0902. The Bertz CT molecular complexity index is 1080. The number of nitrogens with zero attached hydrogens (tertiary/aromatic N) is 5. The fourth-order valence-corrected chi connectivity index (χ4v) is 4.84. The lowest BCUT2D eigenvalue weighted by Crippen LogP contribution is -2.53. The molecule has 2 amide bonds. The molecule has 3 aromatic rings. The molecule has 0 unspecified atom stereocenters. The molecule has 1 aromatic carbocycles. The second-order valence-corrected chi connectivity index (χ2v) is 8.83. The third-order valence-corrected chi connectivity index (χ3v) is 6.60. The number of ether oxygens (including phenoxy) is 1. The summed E-state index contributed by atoms with van der Waals surface area (Å²) in [6.07, 6.45) is 6.48. The Labute approximate surface area is 194 Å². The van der Waals surface area contributed by atoms with Gasteiger partial charge in [0, 0.05) is 44.1 Å². The third-order valence-electron chi connectivity index (χ3n) is 6.60. The first-order chi connectivity index (χ1) is 16.2. The number of hydrogen-bond acceptors (Lipinski definition) is 5. The molecule has 33 heavy (non-hydrogen) atoms. The van der Waals surface area contributed by atoms with E-state index < -0.39 is 0 Å². The van der Waals surface area contributed by atoms with Crippen molar-refractivity contribution in [3.8, 4) is 11.4 Å². The molecular formula is C25H32N6O2. The molecule has 0 bridgehead atoms. The maximum Gasteiger partial charge on any atom is 0.317 e. The van der Waals surface area contributed by atoms with Crippen molar-refractivity contribution in [2.75, 3.05) is 32.8 Å². The van der Waals surface area contributed by atoms with E-state index in [-0.39, 0.29) is 6.03 Å². The summed E-state index contributed by atoms with van der Waals surface area (Å²) in [6.45, 7) is 6.47. The summed E-state index contributed by atoms with van der Waals surface area (Å²) in [6, 6.07) is 12.4. The standard InChI is InChI=1S/C25H32N6O2/c1-2-33-21-11-9-20(10-12-21)31-23(28-22-8-5-13-26-24(22)31)18-29-14-16-30(17-15-29)25(32)27-19-6-3-4-7-19/h5,8-13,19H,2-4,6-7,14-18H2,1H3,(H,27,32). The summed E-state index contributed by atoms with van der Waals surface area (Å²) in [4.78, 5) is 26.4. The molecule has 1 saturated carbocycles. The lowest BCUT2D eigenvalue weighted by atomic mass is 10.2. The quantitative estimate of drug-likeness (QED) is 0.624. The van der Waals surface area contributed by atoms with Crippen LogP contribution in [0.2, 0.25) is 0 Å². The largest absolute Gasteiger partial charge is 0.494 e. The van der Waals surface area contributed by atoms with Gasteiger partial charge in [0.2, 0.25) is 0 Å². The zero-order chi connectivity index (χ0) is 22.6. The number of carbonyl (C=O) groups is 1. The highest BCUT2D eigenvalue weighted by Crippen LogP contribution is 2.24. The van der Waals surface area contributed by atoms with E-state index in [1.54, 1.807) is 6.20 Å². The molecule has 2 fully saturated rings. The molecule has 3 heterocycles. The van der Waals surface area contributed by atoms with Crippen molar-refractivity contribution in [2.24, 2.45) is 0 Å². The average Bonchev–Trinajstić information content (AvgIpc) is 3.48. The van der Waals surface area contributed by atoms with Crippen LogP contribution >= 0.6 is 0 Å². The first kappa shape index (κ1) is 21.7. The molecule has 174 valence electrons. The number of nitrogens with one attached hydrogen (secondary N) is 1. The van der Waals surface area contributed by atoms with Crippen LogP contribution in [0.4, 0.5) is 4.79 Å². The van der Waals surface area contributed by atoms with E-state index in [2.05, 4.69) is 31.9 Å². The number of aromatic nitrogens is 3. The van der Waals surface area contributed by atoms with Crippen molar-refractivity contribution in [1.82, 2.24) is 29.7 Å². The average molecular weight is 449 g/mol. The maximum atomic E-state index is 12.6. The van der Waals surface area contributed by atoms with Crippen molar-refractivity contribution >= 4 is 17.2 Å². The lowest BCUT2D eigenvalue weighted by molar-refractivity contribution is 0.131. The number of imidazole rings is 1. The second-order valence-electron chi connectivity index (χ2n) is 8.83. The molecule has 1 aliphatic carbocycles. The third kappa shape index (κ3) is 4.80. The van der Waals surface area contributed by atoms with E-state index in [1.807, 2.05) is 36.1 Å². The van der Waals surface area contributed by atoms with Crippen LogP contribution in [0, 0.1) is 0 Å². The molecule has 0 atom stereocenters. The zero-order valence-corrected chi connectivity index (χ0v) is 19.2. The van der Waals surface area contributed by atoms with E-state index in [4.69, 9.17) is 9.72 Å². The van der Waals surface area contributed by atoms with Crippen LogP contribution in [0.25, 0.3) is 16.9 Å². The van der Waals surface area contributed by atoms with Crippen molar-refractivity contribution in [2.45, 2.75) is 45.2 Å². The van der Waals surface area contributed by atoms with Crippen molar-refractivity contribution in [1.29, 1.82) is 0 Å². The van der Waals surface area contributed by atoms with Crippen LogP contribution in [-0.4, -0.2) is 69.2 Å². The van der Waals surface area contributed by atoms with Gasteiger partial charge in [-0.15, -0.1) is 0 Å². The van der Waals surface area contributed by atoms with Crippen molar-refractivity contribution < 1.29 is 9.53 Å². The van der Waals surface area contributed by atoms with Crippen LogP contribution in [0.1, 0.15) is 38.4 Å². The van der Waals surface area contributed by atoms with Gasteiger partial charge in [-0.1, -0.05) is 12.8 Å². The smallest absolute Gasteiger partial charge is 0.317 e. The Hall–Kier alpha value is -3.13. The Morgan fingerprint density at radius 2 is 1.85 bits per heavy atom. The Morgan fingerprint density at radius 3 is 2.58 bits per heavy atom.